The van der Waals surface area contributed by atoms with Gasteiger partial charge in [0.25, 0.3) is 0 Å². The first kappa shape index (κ1) is 26.7. The lowest BCUT2D eigenvalue weighted by Crippen LogP contribution is -2.01. The minimum atomic E-state index is 0.218. The molecule has 1 N–H and O–H groups in total. The van der Waals surface area contributed by atoms with Crippen molar-refractivity contribution in [3.8, 4) is 0 Å². The fraction of sp³-hybridized carbons (Fsp3) is 0.923. The molecule has 0 aliphatic carbocycles. The Bertz CT molecular complexity index is 368. The van der Waals surface area contributed by atoms with Gasteiger partial charge in [0.1, 0.15) is 0 Å². The lowest BCUT2D eigenvalue weighted by Gasteiger charge is -2.16. The van der Waals surface area contributed by atoms with Crippen molar-refractivity contribution >= 4 is 0 Å². The molecule has 162 valence electrons. The molecule has 1 heteroatoms. The third-order valence-corrected chi connectivity index (χ3v) is 6.48. The zero-order valence-electron chi connectivity index (χ0n) is 19.9. The molecule has 27 heavy (non-hydrogen) atoms. The van der Waals surface area contributed by atoms with Crippen molar-refractivity contribution in [2.45, 2.75) is 126 Å². The highest BCUT2D eigenvalue weighted by molar-refractivity contribution is 5.09. The summed E-state index contributed by atoms with van der Waals surface area (Å²) in [6.07, 6.45) is 16.5. The van der Waals surface area contributed by atoms with Gasteiger partial charge in [0, 0.05) is 0 Å². The maximum atomic E-state index is 9.17. The fourth-order valence-corrected chi connectivity index (χ4v) is 4.00. The molecule has 3 unspecified atom stereocenters. The van der Waals surface area contributed by atoms with Crippen LogP contribution in [0.2, 0.25) is 0 Å². The molecule has 0 bridgehead atoms. The average molecular weight is 381 g/mol. The monoisotopic (exact) mass is 380 g/mol. The number of aliphatic hydroxyl groups excluding tert-OH is 1. The molecule has 1 nitrogen and oxygen atoms in total. The molecular formula is C26H52O. The van der Waals surface area contributed by atoms with Gasteiger partial charge in [-0.1, -0.05) is 104 Å². The second-order valence-corrected chi connectivity index (χ2v) is 10.1. The van der Waals surface area contributed by atoms with Crippen molar-refractivity contribution in [3.63, 3.8) is 0 Å². The van der Waals surface area contributed by atoms with E-state index in [1.54, 1.807) is 0 Å². The van der Waals surface area contributed by atoms with E-state index in [9.17, 15) is 5.11 Å². The van der Waals surface area contributed by atoms with Crippen LogP contribution in [0, 0.1) is 23.7 Å². The Morgan fingerprint density at radius 1 is 0.556 bits per heavy atom. The first-order valence-corrected chi connectivity index (χ1v) is 12.0. The molecule has 0 aromatic rings. The lowest BCUT2D eigenvalue weighted by atomic mass is 9.90. The van der Waals surface area contributed by atoms with Gasteiger partial charge in [-0.25, -0.2) is 0 Å². The summed E-state index contributed by atoms with van der Waals surface area (Å²) in [5.74, 6) is 3.53. The first-order valence-electron chi connectivity index (χ1n) is 12.0. The van der Waals surface area contributed by atoms with Gasteiger partial charge in [-0.15, -0.1) is 0 Å². The van der Waals surface area contributed by atoms with E-state index < -0.39 is 0 Å². The van der Waals surface area contributed by atoms with E-state index in [4.69, 9.17) is 0 Å². The van der Waals surface area contributed by atoms with Gasteiger partial charge in [-0.2, -0.15) is 0 Å². The van der Waals surface area contributed by atoms with Gasteiger partial charge >= 0.3 is 0 Å². The van der Waals surface area contributed by atoms with Crippen LogP contribution in [0.4, 0.5) is 0 Å². The molecule has 0 amide bonds. The summed E-state index contributed by atoms with van der Waals surface area (Å²) in [7, 11) is 0. The van der Waals surface area contributed by atoms with Crippen molar-refractivity contribution < 1.29 is 5.11 Å². The number of allylic oxidation sites excluding steroid dienone is 1. The molecule has 3 atom stereocenters. The van der Waals surface area contributed by atoms with Gasteiger partial charge in [0.05, 0.1) is 6.61 Å². The van der Waals surface area contributed by atoms with E-state index in [0.29, 0.717) is 0 Å². The minimum absolute atomic E-state index is 0.218. The maximum absolute atomic E-state index is 9.17. The quantitative estimate of drug-likeness (QED) is 0.250. The van der Waals surface area contributed by atoms with E-state index in [-0.39, 0.29) is 6.61 Å². The largest absolute Gasteiger partial charge is 0.392 e. The van der Waals surface area contributed by atoms with Crippen LogP contribution in [-0.2, 0) is 0 Å². The van der Waals surface area contributed by atoms with Gasteiger partial charge in [0.15, 0.2) is 0 Å². The third-order valence-electron chi connectivity index (χ3n) is 6.48. The van der Waals surface area contributed by atoms with Gasteiger partial charge in [0.2, 0.25) is 0 Å². The summed E-state index contributed by atoms with van der Waals surface area (Å²) in [6, 6.07) is 0. The summed E-state index contributed by atoms with van der Waals surface area (Å²) >= 11 is 0. The Hall–Kier alpha value is -0.300. The van der Waals surface area contributed by atoms with Crippen molar-refractivity contribution in [2.24, 2.45) is 23.7 Å². The molecule has 0 aromatic heterocycles. The SMILES string of the molecule is CC(CO)=C(C)CCCC(C)CCCC(C)CCCC(C)CCCC(C)C. The second-order valence-electron chi connectivity index (χ2n) is 10.1. The number of rotatable bonds is 17. The van der Waals surface area contributed by atoms with Crippen LogP contribution in [0.3, 0.4) is 0 Å². The molecule has 0 fully saturated rings. The fourth-order valence-electron chi connectivity index (χ4n) is 4.00. The van der Waals surface area contributed by atoms with Gasteiger partial charge < -0.3 is 5.11 Å². The zero-order valence-corrected chi connectivity index (χ0v) is 19.9. The Labute approximate surface area is 172 Å². The van der Waals surface area contributed by atoms with E-state index >= 15 is 0 Å². The molecule has 0 saturated heterocycles. The van der Waals surface area contributed by atoms with Crippen LogP contribution >= 0.6 is 0 Å². The molecule has 0 rings (SSSR count). The summed E-state index contributed by atoms with van der Waals surface area (Å²) in [5, 5.41) is 9.17. The normalized spacial score (nSPS) is 16.3. The smallest absolute Gasteiger partial charge is 0.0641 e. The summed E-state index contributed by atoms with van der Waals surface area (Å²) in [5.41, 5.74) is 2.54. The standard InChI is InChI=1S/C26H52O/c1-21(2)12-8-13-22(3)14-9-15-23(4)16-10-17-24(5)18-11-19-25(6)26(7)20-27/h21-24,27H,8-20H2,1-7H3. The first-order chi connectivity index (χ1) is 12.8. The number of hydrogen-bond donors (Lipinski definition) is 1. The average Bonchev–Trinajstić information content (AvgIpc) is 2.60. The molecule has 0 aliphatic rings. The summed E-state index contributed by atoms with van der Waals surface area (Å²) in [4.78, 5) is 0. The highest BCUT2D eigenvalue weighted by Crippen LogP contribution is 2.23. The van der Waals surface area contributed by atoms with Crippen LogP contribution in [0.5, 0.6) is 0 Å². The van der Waals surface area contributed by atoms with Crippen LogP contribution < -0.4 is 0 Å². The molecular weight excluding hydrogens is 328 g/mol. The maximum Gasteiger partial charge on any atom is 0.0641 e. The Morgan fingerprint density at radius 3 is 1.30 bits per heavy atom. The van der Waals surface area contributed by atoms with Crippen LogP contribution in [-0.4, -0.2) is 11.7 Å². The second kappa shape index (κ2) is 16.6. The molecule has 0 spiro atoms. The van der Waals surface area contributed by atoms with E-state index in [1.807, 2.05) is 6.92 Å². The molecule has 0 radical (unpaired) electrons. The Balaban J connectivity index is 3.65. The van der Waals surface area contributed by atoms with Crippen molar-refractivity contribution in [3.05, 3.63) is 11.1 Å². The minimum Gasteiger partial charge on any atom is -0.392 e. The Kier molecular flexibility index (Phi) is 16.5. The van der Waals surface area contributed by atoms with E-state index in [2.05, 4.69) is 41.5 Å². The molecule has 0 aromatic carbocycles. The van der Waals surface area contributed by atoms with Crippen LogP contribution in [0.25, 0.3) is 0 Å². The molecule has 0 aliphatic heterocycles. The highest BCUT2D eigenvalue weighted by Gasteiger charge is 2.08. The predicted molar refractivity (Wildman–Crippen MR) is 123 cm³/mol. The van der Waals surface area contributed by atoms with Gasteiger partial charge in [-0.05, 0) is 55.9 Å². The third kappa shape index (κ3) is 16.4. The Morgan fingerprint density at radius 2 is 0.926 bits per heavy atom. The van der Waals surface area contributed by atoms with Crippen LogP contribution in [0.15, 0.2) is 11.1 Å². The lowest BCUT2D eigenvalue weighted by molar-refractivity contribution is 0.329. The van der Waals surface area contributed by atoms with E-state index in [1.165, 1.54) is 76.2 Å². The van der Waals surface area contributed by atoms with E-state index in [0.717, 1.165) is 35.7 Å². The molecule has 0 heterocycles. The zero-order chi connectivity index (χ0) is 20.7. The van der Waals surface area contributed by atoms with Crippen LogP contribution in [0.1, 0.15) is 126 Å². The predicted octanol–water partition coefficient (Wildman–Crippen LogP) is 8.56. The number of aliphatic hydroxyl groups is 1. The van der Waals surface area contributed by atoms with Crippen molar-refractivity contribution in [1.82, 2.24) is 0 Å². The molecule has 0 saturated carbocycles. The summed E-state index contributed by atoms with van der Waals surface area (Å²) < 4.78 is 0. The number of hydrogen-bond acceptors (Lipinski definition) is 1. The highest BCUT2D eigenvalue weighted by atomic mass is 16.3. The van der Waals surface area contributed by atoms with Crippen molar-refractivity contribution in [2.75, 3.05) is 6.61 Å². The van der Waals surface area contributed by atoms with Gasteiger partial charge in [-0.3, -0.25) is 0 Å². The van der Waals surface area contributed by atoms with Crippen molar-refractivity contribution in [1.29, 1.82) is 0 Å². The topological polar surface area (TPSA) is 20.2 Å². The summed E-state index contributed by atoms with van der Waals surface area (Å²) in [6.45, 7) is 16.4.